The molecular weight excluding hydrogens is 293 g/mol. The highest BCUT2D eigenvalue weighted by Gasteiger charge is 2.25. The molecule has 0 bridgehead atoms. The molecule has 108 valence electrons. The largest absolute Gasteiger partial charge is 0.396 e. The van der Waals surface area contributed by atoms with Crippen LogP contribution in [-0.4, -0.2) is 33.0 Å². The molecule has 1 aliphatic heterocycles. The molecule has 1 atom stereocenters. The Hall–Kier alpha value is -2.06. The topological polar surface area (TPSA) is 78.3 Å². The lowest BCUT2D eigenvalue weighted by Crippen LogP contribution is -2.05. The molecule has 0 radical (unpaired) electrons. The molecule has 0 amide bonds. The number of aromatic nitrogens is 4. The number of halogens is 1. The van der Waals surface area contributed by atoms with Crippen molar-refractivity contribution >= 4 is 22.0 Å². The number of ether oxygens (including phenoxy) is 1. The molecule has 8 heteroatoms. The van der Waals surface area contributed by atoms with E-state index in [1.165, 1.54) is 17.4 Å². The Bertz CT molecular complexity index is 808. The van der Waals surface area contributed by atoms with Crippen LogP contribution in [0.25, 0.3) is 15.5 Å². The van der Waals surface area contributed by atoms with E-state index in [9.17, 15) is 4.39 Å². The van der Waals surface area contributed by atoms with Crippen molar-refractivity contribution in [2.75, 3.05) is 18.9 Å². The zero-order chi connectivity index (χ0) is 14.4. The van der Waals surface area contributed by atoms with Gasteiger partial charge < -0.3 is 10.5 Å². The van der Waals surface area contributed by atoms with Crippen molar-refractivity contribution in [1.82, 2.24) is 19.8 Å². The van der Waals surface area contributed by atoms with Gasteiger partial charge in [-0.2, -0.15) is 9.61 Å². The maximum atomic E-state index is 13.6. The lowest BCUT2D eigenvalue weighted by molar-refractivity contribution is 0.193. The fourth-order valence-corrected chi connectivity index (χ4v) is 3.34. The maximum absolute atomic E-state index is 13.6. The summed E-state index contributed by atoms with van der Waals surface area (Å²) in [6, 6.07) is 4.71. The van der Waals surface area contributed by atoms with Gasteiger partial charge in [-0.25, -0.2) is 4.39 Å². The third kappa shape index (κ3) is 1.98. The predicted octanol–water partition coefficient (Wildman–Crippen LogP) is 2.08. The quantitative estimate of drug-likeness (QED) is 0.733. The highest BCUT2D eigenvalue weighted by molar-refractivity contribution is 7.19. The van der Waals surface area contributed by atoms with E-state index in [2.05, 4.69) is 15.3 Å². The summed E-state index contributed by atoms with van der Waals surface area (Å²) < 4.78 is 20.7. The van der Waals surface area contributed by atoms with Crippen LogP contribution in [0.2, 0.25) is 0 Å². The normalized spacial score (nSPS) is 18.6. The van der Waals surface area contributed by atoms with Crippen molar-refractivity contribution in [3.8, 4) is 10.6 Å². The third-order valence-electron chi connectivity index (χ3n) is 3.59. The van der Waals surface area contributed by atoms with Crippen LogP contribution in [0.1, 0.15) is 18.2 Å². The van der Waals surface area contributed by atoms with Crippen molar-refractivity contribution in [2.24, 2.45) is 0 Å². The summed E-state index contributed by atoms with van der Waals surface area (Å²) in [5, 5.41) is 13.5. The average Bonchev–Trinajstić information content (AvgIpc) is 3.16. The molecule has 1 fully saturated rings. The summed E-state index contributed by atoms with van der Waals surface area (Å²) in [6.45, 7) is 1.36. The average molecular weight is 305 g/mol. The number of nitrogens with zero attached hydrogens (tertiary/aromatic N) is 4. The van der Waals surface area contributed by atoms with Crippen LogP contribution in [0.3, 0.4) is 0 Å². The van der Waals surface area contributed by atoms with Crippen molar-refractivity contribution < 1.29 is 9.13 Å². The molecule has 2 N–H and O–H groups in total. The molecule has 1 saturated heterocycles. The van der Waals surface area contributed by atoms with Crippen LogP contribution < -0.4 is 5.73 Å². The number of nitrogens with two attached hydrogens (primary N) is 1. The standard InChI is InChI=1S/C13H12FN5OS/c14-9-3-1-2-8(10(9)15)12-18-19-11(7-4-5-20-6-7)16-17-13(19)21-12/h1-3,7H,4-6,15H2. The van der Waals surface area contributed by atoms with E-state index < -0.39 is 5.82 Å². The predicted molar refractivity (Wildman–Crippen MR) is 76.6 cm³/mol. The van der Waals surface area contributed by atoms with Gasteiger partial charge in [-0.05, 0) is 18.6 Å². The fourth-order valence-electron chi connectivity index (χ4n) is 2.46. The monoisotopic (exact) mass is 305 g/mol. The Balaban J connectivity index is 1.82. The molecule has 1 aromatic carbocycles. The van der Waals surface area contributed by atoms with E-state index >= 15 is 0 Å². The van der Waals surface area contributed by atoms with Gasteiger partial charge in [0.25, 0.3) is 0 Å². The maximum Gasteiger partial charge on any atom is 0.234 e. The highest BCUT2D eigenvalue weighted by Crippen LogP contribution is 2.33. The van der Waals surface area contributed by atoms with Gasteiger partial charge in [0, 0.05) is 18.1 Å². The summed E-state index contributed by atoms with van der Waals surface area (Å²) in [6.07, 6.45) is 0.912. The van der Waals surface area contributed by atoms with Gasteiger partial charge in [-0.15, -0.1) is 10.2 Å². The van der Waals surface area contributed by atoms with Gasteiger partial charge in [0.2, 0.25) is 4.96 Å². The Morgan fingerprint density at radius 2 is 2.29 bits per heavy atom. The smallest absolute Gasteiger partial charge is 0.234 e. The molecule has 6 nitrogen and oxygen atoms in total. The Morgan fingerprint density at radius 3 is 3.10 bits per heavy atom. The van der Waals surface area contributed by atoms with Crippen LogP contribution >= 0.6 is 11.3 Å². The zero-order valence-corrected chi connectivity index (χ0v) is 11.8. The molecule has 0 saturated carbocycles. The first-order valence-electron chi connectivity index (χ1n) is 6.58. The van der Waals surface area contributed by atoms with Gasteiger partial charge in [0.1, 0.15) is 10.8 Å². The molecule has 0 aliphatic carbocycles. The summed E-state index contributed by atoms with van der Waals surface area (Å²) in [4.78, 5) is 0.676. The molecular formula is C13H12FN5OS. The third-order valence-corrected chi connectivity index (χ3v) is 4.53. The molecule has 0 spiro atoms. The summed E-state index contributed by atoms with van der Waals surface area (Å²) in [5.41, 5.74) is 6.48. The van der Waals surface area contributed by atoms with Crippen molar-refractivity contribution in [2.45, 2.75) is 12.3 Å². The Labute approximate surface area is 123 Å². The molecule has 4 rings (SSSR count). The first-order valence-corrected chi connectivity index (χ1v) is 7.40. The molecule has 3 heterocycles. The van der Waals surface area contributed by atoms with Gasteiger partial charge >= 0.3 is 0 Å². The molecule has 3 aromatic rings. The number of anilines is 1. The van der Waals surface area contributed by atoms with E-state index in [1.807, 2.05) is 0 Å². The number of nitrogen functional groups attached to an aromatic ring is 1. The van der Waals surface area contributed by atoms with Crippen molar-refractivity contribution in [3.63, 3.8) is 0 Å². The van der Waals surface area contributed by atoms with Crippen LogP contribution in [0, 0.1) is 5.82 Å². The van der Waals surface area contributed by atoms with Crippen LogP contribution in [0.15, 0.2) is 18.2 Å². The minimum absolute atomic E-state index is 0.105. The van der Waals surface area contributed by atoms with Gasteiger partial charge in [0.15, 0.2) is 5.82 Å². The second-order valence-electron chi connectivity index (χ2n) is 4.92. The lowest BCUT2D eigenvalue weighted by atomic mass is 10.1. The van der Waals surface area contributed by atoms with Crippen molar-refractivity contribution in [1.29, 1.82) is 0 Å². The number of para-hydroxylation sites is 1. The van der Waals surface area contributed by atoms with Gasteiger partial charge in [0.05, 0.1) is 12.3 Å². The summed E-state index contributed by atoms with van der Waals surface area (Å²) in [5.74, 6) is 0.558. The van der Waals surface area contributed by atoms with Crippen LogP contribution in [-0.2, 0) is 4.74 Å². The number of hydrogen-bond donors (Lipinski definition) is 1. The SMILES string of the molecule is Nc1c(F)cccc1-c1nn2c(C3CCOC3)nnc2s1. The number of benzene rings is 1. The van der Waals surface area contributed by atoms with E-state index in [1.54, 1.807) is 16.6 Å². The minimum Gasteiger partial charge on any atom is -0.396 e. The second kappa shape index (κ2) is 4.74. The van der Waals surface area contributed by atoms with E-state index in [4.69, 9.17) is 10.5 Å². The molecule has 1 unspecified atom stereocenters. The van der Waals surface area contributed by atoms with E-state index in [0.717, 1.165) is 18.9 Å². The summed E-state index contributed by atoms with van der Waals surface area (Å²) >= 11 is 1.34. The molecule has 21 heavy (non-hydrogen) atoms. The number of hydrogen-bond acceptors (Lipinski definition) is 6. The van der Waals surface area contributed by atoms with E-state index in [0.29, 0.717) is 22.1 Å². The van der Waals surface area contributed by atoms with E-state index in [-0.39, 0.29) is 11.6 Å². The lowest BCUT2D eigenvalue weighted by Gasteiger charge is -2.03. The first-order chi connectivity index (χ1) is 10.2. The Kier molecular flexibility index (Phi) is 2.86. The number of fused-ring (bicyclic) bond motifs is 1. The minimum atomic E-state index is -0.442. The second-order valence-corrected chi connectivity index (χ2v) is 5.88. The summed E-state index contributed by atoms with van der Waals surface area (Å²) in [7, 11) is 0. The first kappa shape index (κ1) is 12.7. The van der Waals surface area contributed by atoms with Crippen LogP contribution in [0.4, 0.5) is 10.1 Å². The van der Waals surface area contributed by atoms with Gasteiger partial charge in [-0.3, -0.25) is 0 Å². The molecule has 1 aliphatic rings. The molecule has 2 aromatic heterocycles. The zero-order valence-electron chi connectivity index (χ0n) is 11.0. The Morgan fingerprint density at radius 1 is 1.38 bits per heavy atom. The highest BCUT2D eigenvalue weighted by atomic mass is 32.1. The fraction of sp³-hybridized carbons (Fsp3) is 0.308. The number of rotatable bonds is 2. The van der Waals surface area contributed by atoms with Crippen LogP contribution in [0.5, 0.6) is 0 Å². The van der Waals surface area contributed by atoms with Gasteiger partial charge in [-0.1, -0.05) is 17.4 Å². The van der Waals surface area contributed by atoms with Crippen molar-refractivity contribution in [3.05, 3.63) is 29.8 Å².